The minimum atomic E-state index is -0.249. The van der Waals surface area contributed by atoms with Crippen molar-refractivity contribution < 1.29 is 5.11 Å². The molecule has 5 heteroatoms. The predicted octanol–water partition coefficient (Wildman–Crippen LogP) is 2.09. The fourth-order valence-corrected chi connectivity index (χ4v) is 1.90. The van der Waals surface area contributed by atoms with E-state index in [9.17, 15) is 0 Å². The third-order valence-electron chi connectivity index (χ3n) is 1.31. The Labute approximate surface area is 84.0 Å². The number of aliphatic hydroxyl groups is 1. The topological polar surface area (TPSA) is 45.1 Å². The van der Waals surface area contributed by atoms with Gasteiger partial charge in [0.2, 0.25) is 0 Å². The van der Waals surface area contributed by atoms with Crippen molar-refractivity contribution in [1.82, 2.24) is 4.98 Å². The highest BCUT2D eigenvalue weighted by molar-refractivity contribution is 9.10. The minimum absolute atomic E-state index is 0.249. The summed E-state index contributed by atoms with van der Waals surface area (Å²) in [5.41, 5.74) is 0. The van der Waals surface area contributed by atoms with Gasteiger partial charge in [0.1, 0.15) is 4.60 Å². The van der Waals surface area contributed by atoms with Crippen LogP contribution in [-0.4, -0.2) is 22.7 Å². The lowest BCUT2D eigenvalue weighted by Gasteiger charge is -2.03. The molecule has 0 aliphatic heterocycles. The third-order valence-corrected chi connectivity index (χ3v) is 2.82. The Morgan fingerprint density at radius 2 is 2.58 bits per heavy atom. The van der Waals surface area contributed by atoms with E-state index in [-0.39, 0.29) is 6.10 Å². The van der Waals surface area contributed by atoms with Gasteiger partial charge < -0.3 is 10.4 Å². The van der Waals surface area contributed by atoms with Gasteiger partial charge in [-0.25, -0.2) is 4.98 Å². The zero-order chi connectivity index (χ0) is 8.97. The summed E-state index contributed by atoms with van der Waals surface area (Å²) < 4.78 is 0.854. The molecular formula is C7H11BrN2OS. The van der Waals surface area contributed by atoms with Gasteiger partial charge in [0.05, 0.1) is 6.10 Å². The molecule has 0 spiro atoms. The van der Waals surface area contributed by atoms with E-state index in [0.717, 1.165) is 22.7 Å². The molecule has 2 N–H and O–H groups in total. The van der Waals surface area contributed by atoms with Crippen LogP contribution in [0.1, 0.15) is 13.3 Å². The molecule has 68 valence electrons. The lowest BCUT2D eigenvalue weighted by molar-refractivity contribution is 0.189. The van der Waals surface area contributed by atoms with Crippen LogP contribution < -0.4 is 5.32 Å². The predicted molar refractivity (Wildman–Crippen MR) is 54.6 cm³/mol. The average molecular weight is 251 g/mol. The fraction of sp³-hybridized carbons (Fsp3) is 0.571. The summed E-state index contributed by atoms with van der Waals surface area (Å²) in [6, 6.07) is 0. The second kappa shape index (κ2) is 4.79. The Hall–Kier alpha value is -0.130. The highest BCUT2D eigenvalue weighted by Gasteiger charge is 1.99. The van der Waals surface area contributed by atoms with E-state index < -0.39 is 0 Å². The molecule has 1 aromatic heterocycles. The first kappa shape index (κ1) is 9.95. The molecule has 0 fully saturated rings. The Kier molecular flexibility index (Phi) is 3.97. The van der Waals surface area contributed by atoms with Gasteiger partial charge in [0.25, 0.3) is 0 Å². The zero-order valence-corrected chi connectivity index (χ0v) is 9.15. The van der Waals surface area contributed by atoms with Gasteiger partial charge in [0, 0.05) is 11.9 Å². The summed E-state index contributed by atoms with van der Waals surface area (Å²) in [5, 5.41) is 14.9. The summed E-state index contributed by atoms with van der Waals surface area (Å²) in [5.74, 6) is 0. The Morgan fingerprint density at radius 1 is 1.83 bits per heavy atom. The average Bonchev–Trinajstić information content (AvgIpc) is 2.35. The molecule has 1 aromatic rings. The summed E-state index contributed by atoms with van der Waals surface area (Å²) >= 11 is 4.81. The van der Waals surface area contributed by atoms with Crippen LogP contribution in [0.5, 0.6) is 0 Å². The Balaban J connectivity index is 2.24. The van der Waals surface area contributed by atoms with Crippen LogP contribution in [0.3, 0.4) is 0 Å². The van der Waals surface area contributed by atoms with E-state index in [1.54, 1.807) is 18.3 Å². The van der Waals surface area contributed by atoms with E-state index in [1.807, 2.05) is 5.38 Å². The second-order valence-corrected chi connectivity index (χ2v) is 4.21. The number of hydrogen-bond acceptors (Lipinski definition) is 4. The molecule has 12 heavy (non-hydrogen) atoms. The number of nitrogens with zero attached hydrogens (tertiary/aromatic N) is 1. The molecule has 0 radical (unpaired) electrons. The van der Waals surface area contributed by atoms with Crippen molar-refractivity contribution in [2.75, 3.05) is 11.9 Å². The fourth-order valence-electron chi connectivity index (χ4n) is 0.723. The van der Waals surface area contributed by atoms with Crippen molar-refractivity contribution in [3.8, 4) is 0 Å². The molecule has 3 nitrogen and oxygen atoms in total. The summed E-state index contributed by atoms with van der Waals surface area (Å²) in [6.45, 7) is 2.54. The number of thiazole rings is 1. The maximum absolute atomic E-state index is 8.97. The van der Waals surface area contributed by atoms with Gasteiger partial charge in [0.15, 0.2) is 5.13 Å². The Morgan fingerprint density at radius 3 is 3.08 bits per heavy atom. The van der Waals surface area contributed by atoms with E-state index in [4.69, 9.17) is 5.11 Å². The first-order chi connectivity index (χ1) is 5.68. The van der Waals surface area contributed by atoms with E-state index in [1.165, 1.54) is 0 Å². The van der Waals surface area contributed by atoms with Crippen LogP contribution in [0.4, 0.5) is 5.13 Å². The first-order valence-corrected chi connectivity index (χ1v) is 5.38. The largest absolute Gasteiger partial charge is 0.393 e. The van der Waals surface area contributed by atoms with Gasteiger partial charge >= 0.3 is 0 Å². The van der Waals surface area contributed by atoms with Crippen molar-refractivity contribution in [2.24, 2.45) is 0 Å². The van der Waals surface area contributed by atoms with Crippen LogP contribution in [0.25, 0.3) is 0 Å². The van der Waals surface area contributed by atoms with Crippen LogP contribution in [0, 0.1) is 0 Å². The van der Waals surface area contributed by atoms with Gasteiger partial charge in [-0.2, -0.15) is 0 Å². The molecule has 1 atom stereocenters. The number of rotatable bonds is 4. The van der Waals surface area contributed by atoms with Gasteiger partial charge in [-0.15, -0.1) is 11.3 Å². The highest BCUT2D eigenvalue weighted by Crippen LogP contribution is 2.19. The number of nitrogens with one attached hydrogen (secondary N) is 1. The Bertz CT molecular complexity index is 239. The number of aliphatic hydroxyl groups excluding tert-OH is 1. The molecule has 1 rings (SSSR count). The monoisotopic (exact) mass is 250 g/mol. The zero-order valence-electron chi connectivity index (χ0n) is 6.75. The third kappa shape index (κ3) is 3.51. The summed E-state index contributed by atoms with van der Waals surface area (Å²) in [7, 11) is 0. The standard InChI is InChI=1S/C7H11BrN2OS/c1-5(11)2-3-9-7-10-6(8)4-12-7/h4-5,11H,2-3H2,1H3,(H,9,10). The van der Waals surface area contributed by atoms with Crippen LogP contribution in [0.15, 0.2) is 9.98 Å². The minimum Gasteiger partial charge on any atom is -0.393 e. The molecule has 1 heterocycles. The molecular weight excluding hydrogens is 240 g/mol. The van der Waals surface area contributed by atoms with Crippen molar-refractivity contribution in [3.63, 3.8) is 0 Å². The quantitative estimate of drug-likeness (QED) is 0.861. The van der Waals surface area contributed by atoms with Crippen LogP contribution in [0.2, 0.25) is 0 Å². The van der Waals surface area contributed by atoms with Crippen molar-refractivity contribution >= 4 is 32.4 Å². The lowest BCUT2D eigenvalue weighted by atomic mass is 10.3. The molecule has 0 saturated carbocycles. The van der Waals surface area contributed by atoms with E-state index in [2.05, 4.69) is 26.2 Å². The van der Waals surface area contributed by atoms with Crippen molar-refractivity contribution in [1.29, 1.82) is 0 Å². The number of aromatic nitrogens is 1. The maximum atomic E-state index is 8.97. The van der Waals surface area contributed by atoms with Crippen LogP contribution >= 0.6 is 27.3 Å². The molecule has 0 aliphatic rings. The van der Waals surface area contributed by atoms with E-state index >= 15 is 0 Å². The molecule has 0 saturated heterocycles. The van der Waals surface area contributed by atoms with Gasteiger partial charge in [-0.05, 0) is 29.3 Å². The molecule has 0 aromatic carbocycles. The van der Waals surface area contributed by atoms with Crippen LogP contribution in [-0.2, 0) is 0 Å². The summed E-state index contributed by atoms with van der Waals surface area (Å²) in [4.78, 5) is 4.15. The van der Waals surface area contributed by atoms with Gasteiger partial charge in [-0.1, -0.05) is 0 Å². The van der Waals surface area contributed by atoms with Gasteiger partial charge in [-0.3, -0.25) is 0 Å². The lowest BCUT2D eigenvalue weighted by Crippen LogP contribution is -2.09. The molecule has 0 bridgehead atoms. The molecule has 0 amide bonds. The maximum Gasteiger partial charge on any atom is 0.183 e. The smallest absolute Gasteiger partial charge is 0.183 e. The number of halogens is 1. The number of anilines is 1. The molecule has 1 unspecified atom stereocenters. The highest BCUT2D eigenvalue weighted by atomic mass is 79.9. The SMILES string of the molecule is CC(O)CCNc1nc(Br)cs1. The molecule has 0 aliphatic carbocycles. The van der Waals surface area contributed by atoms with E-state index in [0.29, 0.717) is 0 Å². The normalized spacial score (nSPS) is 12.9. The number of hydrogen-bond donors (Lipinski definition) is 2. The second-order valence-electron chi connectivity index (χ2n) is 2.54. The summed E-state index contributed by atoms with van der Waals surface area (Å²) in [6.07, 6.45) is 0.498. The van der Waals surface area contributed by atoms with Crippen molar-refractivity contribution in [2.45, 2.75) is 19.4 Å². The first-order valence-electron chi connectivity index (χ1n) is 3.71. The van der Waals surface area contributed by atoms with Crippen molar-refractivity contribution in [3.05, 3.63) is 9.98 Å².